The Morgan fingerprint density at radius 2 is 1.89 bits per heavy atom. The molecule has 2 aromatic heterocycles. The minimum Gasteiger partial charge on any atom is -0.493 e. The van der Waals surface area contributed by atoms with E-state index in [1.165, 1.54) is 11.3 Å². The van der Waals surface area contributed by atoms with E-state index in [2.05, 4.69) is 10.1 Å². The Hall–Kier alpha value is -3.39. The highest BCUT2D eigenvalue weighted by molar-refractivity contribution is 7.20. The third kappa shape index (κ3) is 3.54. The van der Waals surface area contributed by atoms with Crippen LogP contribution in [0.25, 0.3) is 21.5 Å². The number of rotatable bonds is 6. The van der Waals surface area contributed by atoms with Gasteiger partial charge < -0.3 is 18.7 Å². The molecule has 0 aliphatic rings. The van der Waals surface area contributed by atoms with Crippen molar-refractivity contribution in [2.24, 2.45) is 0 Å². The summed E-state index contributed by atoms with van der Waals surface area (Å²) in [7, 11) is 3.12. The lowest BCUT2D eigenvalue weighted by Crippen LogP contribution is -2.03. The monoisotopic (exact) mass is 396 g/mol. The van der Waals surface area contributed by atoms with Crippen molar-refractivity contribution in [2.75, 3.05) is 14.2 Å². The first-order valence-electron chi connectivity index (χ1n) is 8.38. The van der Waals surface area contributed by atoms with Crippen LogP contribution in [-0.2, 0) is 11.3 Å². The van der Waals surface area contributed by atoms with Crippen LogP contribution >= 0.6 is 11.3 Å². The Balaban J connectivity index is 1.45. The third-order valence-electron chi connectivity index (χ3n) is 4.06. The van der Waals surface area contributed by atoms with Crippen LogP contribution in [0, 0.1) is 0 Å². The predicted molar refractivity (Wildman–Crippen MR) is 104 cm³/mol. The summed E-state index contributed by atoms with van der Waals surface area (Å²) in [6.07, 6.45) is 0. The molecule has 8 heteroatoms. The highest BCUT2D eigenvalue weighted by atomic mass is 32.1. The first-order valence-corrected chi connectivity index (χ1v) is 9.20. The second-order valence-corrected chi connectivity index (χ2v) is 6.89. The van der Waals surface area contributed by atoms with Gasteiger partial charge in [0.25, 0.3) is 5.89 Å². The van der Waals surface area contributed by atoms with E-state index in [9.17, 15) is 4.79 Å². The van der Waals surface area contributed by atoms with Gasteiger partial charge in [-0.2, -0.15) is 4.98 Å². The highest BCUT2D eigenvalue weighted by Crippen LogP contribution is 2.31. The van der Waals surface area contributed by atoms with Crippen molar-refractivity contribution in [1.82, 2.24) is 10.1 Å². The molecule has 2 aromatic carbocycles. The number of hydrogen-bond donors (Lipinski definition) is 0. The number of carbonyl (C=O) groups is 1. The lowest BCUT2D eigenvalue weighted by atomic mass is 10.2. The molecular weight excluding hydrogens is 380 g/mol. The maximum atomic E-state index is 12.3. The van der Waals surface area contributed by atoms with Gasteiger partial charge in [0.15, 0.2) is 18.1 Å². The lowest BCUT2D eigenvalue weighted by molar-refractivity contribution is 0.0435. The molecule has 28 heavy (non-hydrogen) atoms. The average Bonchev–Trinajstić information content (AvgIpc) is 3.38. The molecule has 7 nitrogen and oxygen atoms in total. The van der Waals surface area contributed by atoms with E-state index >= 15 is 0 Å². The number of aromatic nitrogens is 2. The van der Waals surface area contributed by atoms with Crippen LogP contribution < -0.4 is 9.47 Å². The van der Waals surface area contributed by atoms with Crippen molar-refractivity contribution in [1.29, 1.82) is 0 Å². The molecule has 0 aliphatic heterocycles. The van der Waals surface area contributed by atoms with Crippen LogP contribution in [0.15, 0.2) is 53.1 Å². The summed E-state index contributed by atoms with van der Waals surface area (Å²) in [4.78, 5) is 17.1. The molecule has 0 radical (unpaired) electrons. The van der Waals surface area contributed by atoms with E-state index in [1.807, 2.05) is 30.3 Å². The zero-order valence-electron chi connectivity index (χ0n) is 15.2. The molecule has 0 saturated carbocycles. The van der Waals surface area contributed by atoms with Gasteiger partial charge in [-0.3, -0.25) is 0 Å². The summed E-state index contributed by atoms with van der Waals surface area (Å²) in [5.74, 6) is 1.31. The van der Waals surface area contributed by atoms with E-state index in [-0.39, 0.29) is 12.5 Å². The molecule has 0 atom stereocenters. The maximum absolute atomic E-state index is 12.3. The SMILES string of the molecule is COc1ccc(-c2noc(COC(=O)c3cc4ccccc4s3)n2)cc1OC. The minimum atomic E-state index is -0.424. The zero-order valence-corrected chi connectivity index (χ0v) is 16.0. The molecule has 0 bridgehead atoms. The van der Waals surface area contributed by atoms with E-state index < -0.39 is 5.97 Å². The highest BCUT2D eigenvalue weighted by Gasteiger charge is 2.16. The van der Waals surface area contributed by atoms with Crippen LogP contribution in [-0.4, -0.2) is 30.3 Å². The van der Waals surface area contributed by atoms with E-state index in [4.69, 9.17) is 18.7 Å². The molecule has 0 aliphatic carbocycles. The number of methoxy groups -OCH3 is 2. The van der Waals surface area contributed by atoms with E-state index in [1.54, 1.807) is 32.4 Å². The van der Waals surface area contributed by atoms with Crippen molar-refractivity contribution >= 4 is 27.4 Å². The van der Waals surface area contributed by atoms with Gasteiger partial charge in [0.05, 0.1) is 14.2 Å². The van der Waals surface area contributed by atoms with Crippen molar-refractivity contribution < 1.29 is 23.5 Å². The molecule has 2 heterocycles. The smallest absolute Gasteiger partial charge is 0.348 e. The molecule has 0 N–H and O–H groups in total. The van der Waals surface area contributed by atoms with Crippen molar-refractivity contribution in [2.45, 2.75) is 6.61 Å². The van der Waals surface area contributed by atoms with Gasteiger partial charge in [0.2, 0.25) is 5.82 Å². The molecule has 4 rings (SSSR count). The van der Waals surface area contributed by atoms with Gasteiger partial charge in [-0.05, 0) is 35.7 Å². The first kappa shape index (κ1) is 18.0. The Morgan fingerprint density at radius 1 is 1.07 bits per heavy atom. The van der Waals surface area contributed by atoms with Crippen LogP contribution in [0.1, 0.15) is 15.6 Å². The number of hydrogen-bond acceptors (Lipinski definition) is 8. The quantitative estimate of drug-likeness (QED) is 0.449. The Bertz CT molecular complexity index is 1100. The Kier molecular flexibility index (Phi) is 4.94. The van der Waals surface area contributed by atoms with Crippen LogP contribution in [0.2, 0.25) is 0 Å². The van der Waals surface area contributed by atoms with Crippen LogP contribution in [0.5, 0.6) is 11.5 Å². The summed E-state index contributed by atoms with van der Waals surface area (Å²) in [5.41, 5.74) is 0.698. The second kappa shape index (κ2) is 7.69. The van der Waals surface area contributed by atoms with Crippen molar-refractivity contribution in [3.63, 3.8) is 0 Å². The van der Waals surface area contributed by atoms with Crippen LogP contribution in [0.4, 0.5) is 0 Å². The minimum absolute atomic E-state index is 0.104. The van der Waals surface area contributed by atoms with Gasteiger partial charge in [-0.25, -0.2) is 4.79 Å². The van der Waals surface area contributed by atoms with Gasteiger partial charge in [0.1, 0.15) is 4.88 Å². The Labute approximate surface area is 164 Å². The first-order chi connectivity index (χ1) is 13.7. The molecule has 142 valence electrons. The molecule has 0 amide bonds. The molecule has 4 aromatic rings. The lowest BCUT2D eigenvalue weighted by Gasteiger charge is -2.07. The van der Waals surface area contributed by atoms with Crippen LogP contribution in [0.3, 0.4) is 0 Å². The van der Waals surface area contributed by atoms with Gasteiger partial charge >= 0.3 is 5.97 Å². The largest absolute Gasteiger partial charge is 0.493 e. The zero-order chi connectivity index (χ0) is 19.5. The summed E-state index contributed by atoms with van der Waals surface area (Å²) in [5, 5.41) is 4.94. The number of fused-ring (bicyclic) bond motifs is 1. The fraction of sp³-hybridized carbons (Fsp3) is 0.150. The molecule has 0 spiro atoms. The number of thiophene rings is 1. The maximum Gasteiger partial charge on any atom is 0.348 e. The number of carbonyl (C=O) groups excluding carboxylic acids is 1. The van der Waals surface area contributed by atoms with Gasteiger partial charge in [-0.15, -0.1) is 11.3 Å². The topological polar surface area (TPSA) is 83.7 Å². The summed E-state index contributed by atoms with van der Waals surface area (Å²) in [6, 6.07) is 14.9. The summed E-state index contributed by atoms with van der Waals surface area (Å²) in [6.45, 7) is -0.104. The number of nitrogens with zero attached hydrogens (tertiary/aromatic N) is 2. The molecular formula is C20H16N2O5S. The van der Waals surface area contributed by atoms with Gasteiger partial charge in [0, 0.05) is 10.3 Å². The fourth-order valence-corrected chi connectivity index (χ4v) is 3.64. The Morgan fingerprint density at radius 3 is 2.68 bits per heavy atom. The third-order valence-corrected chi connectivity index (χ3v) is 5.16. The van der Waals surface area contributed by atoms with E-state index in [0.717, 1.165) is 10.1 Å². The molecule has 0 saturated heterocycles. The molecule has 0 unspecified atom stereocenters. The average molecular weight is 396 g/mol. The molecule has 0 fully saturated rings. The second-order valence-electron chi connectivity index (χ2n) is 5.81. The van der Waals surface area contributed by atoms with Crippen molar-refractivity contribution in [3.05, 3.63) is 59.3 Å². The number of esters is 1. The predicted octanol–water partition coefficient (Wildman–Crippen LogP) is 4.33. The number of benzene rings is 2. The summed E-state index contributed by atoms with van der Waals surface area (Å²) < 4.78 is 22.0. The fourth-order valence-electron chi connectivity index (χ4n) is 2.69. The summed E-state index contributed by atoms with van der Waals surface area (Å²) >= 11 is 1.38. The van der Waals surface area contributed by atoms with E-state index in [0.29, 0.717) is 27.8 Å². The number of ether oxygens (including phenoxy) is 3. The van der Waals surface area contributed by atoms with Crippen molar-refractivity contribution in [3.8, 4) is 22.9 Å². The normalized spacial score (nSPS) is 10.8. The standard InChI is InChI=1S/C20H16N2O5S/c1-24-14-8-7-13(9-15(14)25-2)19-21-18(27-22-19)11-26-20(23)17-10-12-5-3-4-6-16(12)28-17/h3-10H,11H2,1-2H3. The van der Waals surface area contributed by atoms with Gasteiger partial charge in [-0.1, -0.05) is 23.4 Å².